The van der Waals surface area contributed by atoms with Crippen LogP contribution < -0.4 is 5.32 Å². The van der Waals surface area contributed by atoms with Crippen molar-refractivity contribution in [1.82, 2.24) is 10.3 Å². The maximum Gasteiger partial charge on any atom is 0.224 e. The van der Waals surface area contributed by atoms with Crippen molar-refractivity contribution in [2.75, 3.05) is 0 Å². The minimum absolute atomic E-state index is 0.0554. The van der Waals surface area contributed by atoms with Crippen LogP contribution in [0.25, 0.3) is 10.2 Å². The number of aromatic nitrogens is 1. The van der Waals surface area contributed by atoms with Crippen molar-refractivity contribution in [1.29, 1.82) is 0 Å². The summed E-state index contributed by atoms with van der Waals surface area (Å²) in [5, 5.41) is 4.57. The monoisotopic (exact) mass is 510 g/mol. The molecule has 184 valence electrons. The Morgan fingerprint density at radius 2 is 1.89 bits per heavy atom. The SMILES string of the molecule is C=CC(=O)CC[C@H](Cc1ccccc1)NC(=O)[C@@H](CC(=O)CCC)Cc1nc2ccc(Cl)cc2s1. The summed E-state index contributed by atoms with van der Waals surface area (Å²) in [6, 6.07) is 15.1. The molecule has 1 N–H and O–H groups in total. The molecule has 0 saturated heterocycles. The second kappa shape index (κ2) is 13.3. The first-order valence-corrected chi connectivity index (χ1v) is 13.1. The zero-order chi connectivity index (χ0) is 25.2. The summed E-state index contributed by atoms with van der Waals surface area (Å²) in [5.41, 5.74) is 1.91. The molecule has 1 heterocycles. The first kappa shape index (κ1) is 26.8. The molecule has 1 aromatic heterocycles. The molecule has 7 heteroatoms. The van der Waals surface area contributed by atoms with Crippen LogP contribution in [0.2, 0.25) is 5.02 Å². The number of halogens is 1. The molecule has 5 nitrogen and oxygen atoms in total. The number of nitrogens with one attached hydrogen (secondary N) is 1. The maximum absolute atomic E-state index is 13.5. The smallest absolute Gasteiger partial charge is 0.224 e. The molecule has 2 atom stereocenters. The number of allylic oxidation sites excluding steroid dienone is 1. The van der Waals surface area contributed by atoms with E-state index in [1.165, 1.54) is 17.4 Å². The number of benzene rings is 2. The summed E-state index contributed by atoms with van der Waals surface area (Å²) in [5.74, 6) is -0.699. The van der Waals surface area contributed by atoms with E-state index >= 15 is 0 Å². The van der Waals surface area contributed by atoms with E-state index in [9.17, 15) is 14.4 Å². The van der Waals surface area contributed by atoms with E-state index in [0.717, 1.165) is 27.2 Å². The third-order valence-electron chi connectivity index (χ3n) is 5.83. The largest absolute Gasteiger partial charge is 0.353 e. The van der Waals surface area contributed by atoms with Crippen LogP contribution in [0.1, 0.15) is 49.6 Å². The fourth-order valence-electron chi connectivity index (χ4n) is 4.02. The minimum atomic E-state index is -0.529. The van der Waals surface area contributed by atoms with Gasteiger partial charge in [0, 0.05) is 36.7 Å². The van der Waals surface area contributed by atoms with E-state index in [0.29, 0.717) is 37.1 Å². The lowest BCUT2D eigenvalue weighted by molar-refractivity contribution is -0.130. The van der Waals surface area contributed by atoms with E-state index in [-0.39, 0.29) is 29.9 Å². The van der Waals surface area contributed by atoms with Gasteiger partial charge >= 0.3 is 0 Å². The zero-order valence-electron chi connectivity index (χ0n) is 20.0. The Morgan fingerprint density at radius 1 is 1.11 bits per heavy atom. The highest BCUT2D eigenvalue weighted by Crippen LogP contribution is 2.28. The summed E-state index contributed by atoms with van der Waals surface area (Å²) in [6.45, 7) is 5.50. The Morgan fingerprint density at radius 3 is 2.60 bits per heavy atom. The highest BCUT2D eigenvalue weighted by molar-refractivity contribution is 7.18. The number of fused-ring (bicyclic) bond motifs is 1. The topological polar surface area (TPSA) is 76.1 Å². The van der Waals surface area contributed by atoms with Crippen LogP contribution in [0.4, 0.5) is 0 Å². The van der Waals surface area contributed by atoms with Crippen molar-refractivity contribution in [3.8, 4) is 0 Å². The molecule has 0 aliphatic heterocycles. The lowest BCUT2D eigenvalue weighted by Gasteiger charge is -2.22. The number of ketones is 2. The van der Waals surface area contributed by atoms with Crippen LogP contribution >= 0.6 is 22.9 Å². The fourth-order valence-corrected chi connectivity index (χ4v) is 5.34. The number of hydrogen-bond donors (Lipinski definition) is 1. The van der Waals surface area contributed by atoms with Gasteiger partial charge < -0.3 is 5.32 Å². The zero-order valence-corrected chi connectivity index (χ0v) is 21.5. The standard InChI is InChI=1S/C28H31ClN2O3S/c1-3-8-24(33)16-20(17-27-31-25-14-11-21(29)18-26(25)35-27)28(34)30-22(12-13-23(32)4-2)15-19-9-6-5-7-10-19/h4-7,9-11,14,18,20,22H,2-3,8,12-13,15-17H2,1H3,(H,30,34)/t20-,22+/m0/s1. The average Bonchev–Trinajstić information content (AvgIpc) is 3.24. The highest BCUT2D eigenvalue weighted by atomic mass is 35.5. The molecule has 0 unspecified atom stereocenters. The summed E-state index contributed by atoms with van der Waals surface area (Å²) in [7, 11) is 0. The molecule has 0 aliphatic rings. The third-order valence-corrected chi connectivity index (χ3v) is 7.10. The van der Waals surface area contributed by atoms with Crippen LogP contribution in [-0.4, -0.2) is 28.5 Å². The first-order valence-electron chi connectivity index (χ1n) is 11.9. The Hall–Kier alpha value is -2.83. The predicted molar refractivity (Wildman–Crippen MR) is 143 cm³/mol. The third kappa shape index (κ3) is 8.41. The van der Waals surface area contributed by atoms with E-state index < -0.39 is 5.92 Å². The lowest BCUT2D eigenvalue weighted by atomic mass is 9.94. The number of thiazole rings is 1. The van der Waals surface area contributed by atoms with Gasteiger partial charge in [0.25, 0.3) is 0 Å². The normalized spacial score (nSPS) is 12.7. The summed E-state index contributed by atoms with van der Waals surface area (Å²) < 4.78 is 0.955. The van der Waals surface area contributed by atoms with Gasteiger partial charge in [-0.05, 0) is 49.1 Å². The van der Waals surface area contributed by atoms with E-state index in [2.05, 4.69) is 16.9 Å². The number of amides is 1. The molecule has 0 radical (unpaired) electrons. The van der Waals surface area contributed by atoms with Gasteiger partial charge in [-0.15, -0.1) is 11.3 Å². The van der Waals surface area contributed by atoms with Gasteiger partial charge in [0.2, 0.25) is 5.91 Å². The molecular weight excluding hydrogens is 480 g/mol. The number of carbonyl (C=O) groups is 3. The molecule has 2 aromatic carbocycles. The quantitative estimate of drug-likeness (QED) is 0.265. The Balaban J connectivity index is 1.78. The molecule has 0 saturated carbocycles. The Bertz CT molecular complexity index is 1180. The molecule has 1 amide bonds. The van der Waals surface area contributed by atoms with Crippen molar-refractivity contribution in [3.63, 3.8) is 0 Å². The van der Waals surface area contributed by atoms with Crippen LogP contribution in [0.3, 0.4) is 0 Å². The Labute approximate surface area is 215 Å². The van der Waals surface area contributed by atoms with Crippen LogP contribution in [0.5, 0.6) is 0 Å². The summed E-state index contributed by atoms with van der Waals surface area (Å²) in [4.78, 5) is 42.5. The van der Waals surface area contributed by atoms with E-state index in [4.69, 9.17) is 11.6 Å². The van der Waals surface area contributed by atoms with Gasteiger partial charge in [0.15, 0.2) is 5.78 Å². The van der Waals surface area contributed by atoms with Crippen molar-refractivity contribution in [3.05, 3.63) is 76.8 Å². The highest BCUT2D eigenvalue weighted by Gasteiger charge is 2.26. The molecule has 35 heavy (non-hydrogen) atoms. The van der Waals surface area contributed by atoms with Crippen LogP contribution in [0, 0.1) is 5.92 Å². The van der Waals surface area contributed by atoms with Gasteiger partial charge in [-0.2, -0.15) is 0 Å². The molecule has 0 aliphatic carbocycles. The molecule has 0 fully saturated rings. The van der Waals surface area contributed by atoms with Gasteiger partial charge in [0.05, 0.1) is 21.1 Å². The number of carbonyl (C=O) groups excluding carboxylic acids is 3. The van der Waals surface area contributed by atoms with Crippen molar-refractivity contribution >= 4 is 50.6 Å². The van der Waals surface area contributed by atoms with Crippen LogP contribution in [-0.2, 0) is 27.2 Å². The van der Waals surface area contributed by atoms with Gasteiger partial charge in [-0.3, -0.25) is 14.4 Å². The van der Waals surface area contributed by atoms with Gasteiger partial charge in [-0.1, -0.05) is 55.4 Å². The molecule has 0 spiro atoms. The number of hydrogen-bond acceptors (Lipinski definition) is 5. The second-order valence-corrected chi connectivity index (χ2v) is 10.3. The number of Topliss-reactive ketones (excluding diaryl/α,β-unsaturated/α-hetero) is 1. The molecular formula is C28H31ClN2O3S. The fraction of sp³-hybridized carbons (Fsp3) is 0.357. The van der Waals surface area contributed by atoms with E-state index in [1.807, 2.05) is 49.4 Å². The lowest BCUT2D eigenvalue weighted by Crippen LogP contribution is -2.41. The number of rotatable bonds is 14. The van der Waals surface area contributed by atoms with Gasteiger partial charge in [-0.25, -0.2) is 4.98 Å². The molecule has 3 aromatic rings. The average molecular weight is 511 g/mol. The Kier molecular flexibility index (Phi) is 10.2. The minimum Gasteiger partial charge on any atom is -0.353 e. The predicted octanol–water partition coefficient (Wildman–Crippen LogP) is 6.13. The van der Waals surface area contributed by atoms with Crippen molar-refractivity contribution in [2.45, 2.75) is 57.9 Å². The van der Waals surface area contributed by atoms with Crippen molar-refractivity contribution in [2.24, 2.45) is 5.92 Å². The first-order chi connectivity index (χ1) is 16.9. The summed E-state index contributed by atoms with van der Waals surface area (Å²) in [6.07, 6.45) is 4.45. The molecule has 0 bridgehead atoms. The number of nitrogens with zero attached hydrogens (tertiary/aromatic N) is 1. The second-order valence-electron chi connectivity index (χ2n) is 8.72. The van der Waals surface area contributed by atoms with Gasteiger partial charge in [0.1, 0.15) is 5.78 Å². The maximum atomic E-state index is 13.5. The van der Waals surface area contributed by atoms with E-state index in [1.54, 1.807) is 6.07 Å². The molecule has 3 rings (SSSR count). The summed E-state index contributed by atoms with van der Waals surface area (Å²) >= 11 is 7.61. The van der Waals surface area contributed by atoms with Crippen LogP contribution in [0.15, 0.2) is 61.2 Å². The van der Waals surface area contributed by atoms with Crippen molar-refractivity contribution < 1.29 is 14.4 Å².